The Morgan fingerprint density at radius 1 is 1.35 bits per heavy atom. The van der Waals surface area contributed by atoms with Crippen LogP contribution in [-0.2, 0) is 19.3 Å². The van der Waals surface area contributed by atoms with E-state index in [0.29, 0.717) is 0 Å². The van der Waals surface area contributed by atoms with Crippen LogP contribution in [0.4, 0.5) is 0 Å². The molecule has 1 aliphatic rings. The third-order valence-electron chi connectivity index (χ3n) is 5.08. The molecule has 0 unspecified atom stereocenters. The van der Waals surface area contributed by atoms with Gasteiger partial charge in [0.25, 0.3) is 0 Å². The highest BCUT2D eigenvalue weighted by atomic mass is 32.1. The Bertz CT molecular complexity index is 1060. The first kappa shape index (κ1) is 13.3. The second kappa shape index (κ2) is 4.68. The molecule has 5 rings (SSSR count). The van der Waals surface area contributed by atoms with Crippen molar-refractivity contribution in [2.24, 2.45) is 0 Å². The predicted molar refractivity (Wildman–Crippen MR) is 96.4 cm³/mol. The largest absolute Gasteiger partial charge is 0.346 e. The van der Waals surface area contributed by atoms with Crippen molar-refractivity contribution < 1.29 is 1.43 Å². The van der Waals surface area contributed by atoms with E-state index in [4.69, 9.17) is 0 Å². The molecular weight excluding hydrogens is 304 g/mol. The minimum atomic E-state index is 0. The molecule has 1 N–H and O–H groups in total. The van der Waals surface area contributed by atoms with Crippen LogP contribution in [0.1, 0.15) is 37.0 Å². The Labute approximate surface area is 139 Å². The molecule has 4 aromatic rings. The minimum absolute atomic E-state index is 0. The van der Waals surface area contributed by atoms with Gasteiger partial charge < -0.3 is 4.98 Å². The Morgan fingerprint density at radius 3 is 3.09 bits per heavy atom. The molecule has 0 bridgehead atoms. The first-order valence-electron chi connectivity index (χ1n) is 8.21. The number of nitrogens with one attached hydrogen (secondary N) is 1. The number of thiophene rings is 1. The van der Waals surface area contributed by atoms with Gasteiger partial charge in [-0.15, -0.1) is 11.3 Å². The van der Waals surface area contributed by atoms with E-state index in [2.05, 4.69) is 40.5 Å². The van der Waals surface area contributed by atoms with E-state index >= 15 is 0 Å². The van der Waals surface area contributed by atoms with Gasteiger partial charge >= 0.3 is 0 Å². The van der Waals surface area contributed by atoms with E-state index in [-0.39, 0.29) is 1.43 Å². The smallest absolute Gasteiger partial charge is 0.158 e. The van der Waals surface area contributed by atoms with Crippen LogP contribution >= 0.6 is 11.3 Å². The van der Waals surface area contributed by atoms with Crippen molar-refractivity contribution >= 4 is 27.2 Å². The molecule has 0 radical (unpaired) electrons. The van der Waals surface area contributed by atoms with Gasteiger partial charge in [0.15, 0.2) is 5.65 Å². The molecule has 0 aromatic carbocycles. The summed E-state index contributed by atoms with van der Waals surface area (Å²) in [6, 6.07) is 0. The van der Waals surface area contributed by atoms with Gasteiger partial charge in [-0.05, 0) is 54.7 Å². The number of hydrogen-bond donors (Lipinski definition) is 1. The van der Waals surface area contributed by atoms with Crippen LogP contribution in [0.15, 0.2) is 17.9 Å². The summed E-state index contributed by atoms with van der Waals surface area (Å²) in [5.74, 6) is 0. The molecule has 4 nitrogen and oxygen atoms in total. The standard InChI is InChI=1S/C18H18N4S.H2/c1-3-11-15-10(2)8-23-18(15)21-16(11)14-7-22-17(19-9-20-22)13-6-4-5-12(13)14;/h7-9,21H,3-6H2,1-2H3;1H. The first-order valence-corrected chi connectivity index (χ1v) is 9.09. The molecule has 0 spiro atoms. The van der Waals surface area contributed by atoms with E-state index in [1.165, 1.54) is 50.1 Å². The number of rotatable bonds is 2. The van der Waals surface area contributed by atoms with Crippen molar-refractivity contribution in [3.63, 3.8) is 0 Å². The molecule has 23 heavy (non-hydrogen) atoms. The SMILES string of the molecule is CCc1c(-c2cn3ncnc3c3c2CCC3)[nH]c2scc(C)c12.[HH]. The van der Waals surface area contributed by atoms with Crippen LogP contribution < -0.4 is 0 Å². The molecule has 4 aromatic heterocycles. The fourth-order valence-electron chi connectivity index (χ4n) is 4.07. The quantitative estimate of drug-likeness (QED) is 0.588. The molecule has 0 fully saturated rings. The van der Waals surface area contributed by atoms with Crippen LogP contribution in [0.5, 0.6) is 0 Å². The zero-order valence-electron chi connectivity index (χ0n) is 13.3. The summed E-state index contributed by atoms with van der Waals surface area (Å²) in [7, 11) is 0. The zero-order chi connectivity index (χ0) is 15.6. The van der Waals surface area contributed by atoms with Crippen LogP contribution in [0.2, 0.25) is 0 Å². The van der Waals surface area contributed by atoms with Crippen LogP contribution in [-0.4, -0.2) is 19.6 Å². The molecule has 4 heterocycles. The molecule has 0 atom stereocenters. The van der Waals surface area contributed by atoms with Crippen molar-refractivity contribution in [2.75, 3.05) is 0 Å². The Hall–Kier alpha value is -2.14. The maximum Gasteiger partial charge on any atom is 0.158 e. The first-order chi connectivity index (χ1) is 11.3. The lowest BCUT2D eigenvalue weighted by molar-refractivity contribution is 0.911. The van der Waals surface area contributed by atoms with E-state index in [9.17, 15) is 0 Å². The summed E-state index contributed by atoms with van der Waals surface area (Å²) >= 11 is 1.81. The van der Waals surface area contributed by atoms with Gasteiger partial charge in [0.1, 0.15) is 11.2 Å². The van der Waals surface area contributed by atoms with Crippen molar-refractivity contribution in [3.05, 3.63) is 40.2 Å². The van der Waals surface area contributed by atoms with Crippen molar-refractivity contribution in [1.29, 1.82) is 0 Å². The molecule has 0 saturated carbocycles. The van der Waals surface area contributed by atoms with Gasteiger partial charge in [-0.2, -0.15) is 5.10 Å². The van der Waals surface area contributed by atoms with E-state index in [0.717, 1.165) is 24.9 Å². The molecule has 0 aliphatic heterocycles. The van der Waals surface area contributed by atoms with Crippen LogP contribution in [0.25, 0.3) is 27.1 Å². The minimum Gasteiger partial charge on any atom is -0.346 e. The number of hydrogen-bond acceptors (Lipinski definition) is 3. The van der Waals surface area contributed by atoms with Gasteiger partial charge in [-0.1, -0.05) is 6.92 Å². The van der Waals surface area contributed by atoms with E-state index < -0.39 is 0 Å². The summed E-state index contributed by atoms with van der Waals surface area (Å²) in [4.78, 5) is 9.45. The number of nitrogens with zero attached hydrogens (tertiary/aromatic N) is 3. The van der Waals surface area contributed by atoms with Crippen molar-refractivity contribution in [3.8, 4) is 11.3 Å². The zero-order valence-corrected chi connectivity index (χ0v) is 14.1. The number of aryl methyl sites for hydroxylation is 3. The van der Waals surface area contributed by atoms with E-state index in [1.807, 2.05) is 15.9 Å². The predicted octanol–water partition coefficient (Wildman–Crippen LogP) is 4.54. The monoisotopic (exact) mass is 324 g/mol. The summed E-state index contributed by atoms with van der Waals surface area (Å²) < 4.78 is 1.95. The van der Waals surface area contributed by atoms with Crippen LogP contribution in [0, 0.1) is 6.92 Å². The summed E-state index contributed by atoms with van der Waals surface area (Å²) in [5.41, 5.74) is 9.30. The fourth-order valence-corrected chi connectivity index (χ4v) is 5.05. The highest BCUT2D eigenvalue weighted by Gasteiger charge is 2.24. The Balaban J connectivity index is 0.00000146. The van der Waals surface area contributed by atoms with Gasteiger partial charge in [0, 0.05) is 24.1 Å². The fraction of sp³-hybridized carbons (Fsp3) is 0.333. The highest BCUT2D eigenvalue weighted by Crippen LogP contribution is 2.40. The van der Waals surface area contributed by atoms with Gasteiger partial charge in [0.05, 0.1) is 5.69 Å². The lowest BCUT2D eigenvalue weighted by Crippen LogP contribution is -1.99. The second-order valence-electron chi connectivity index (χ2n) is 6.34. The van der Waals surface area contributed by atoms with Gasteiger partial charge in [-0.25, -0.2) is 9.50 Å². The lowest BCUT2D eigenvalue weighted by Gasteiger charge is -2.11. The van der Waals surface area contributed by atoms with Crippen molar-refractivity contribution in [2.45, 2.75) is 39.5 Å². The second-order valence-corrected chi connectivity index (χ2v) is 7.22. The van der Waals surface area contributed by atoms with Gasteiger partial charge in [0.2, 0.25) is 0 Å². The van der Waals surface area contributed by atoms with E-state index in [1.54, 1.807) is 6.33 Å². The summed E-state index contributed by atoms with van der Waals surface area (Å²) in [6.45, 7) is 4.46. The third kappa shape index (κ3) is 1.71. The molecule has 0 amide bonds. The third-order valence-corrected chi connectivity index (χ3v) is 6.09. The summed E-state index contributed by atoms with van der Waals surface area (Å²) in [5, 5.41) is 8.05. The molecule has 118 valence electrons. The maximum absolute atomic E-state index is 4.46. The number of H-pyrrole nitrogens is 1. The normalized spacial score (nSPS) is 14.2. The van der Waals surface area contributed by atoms with Crippen molar-refractivity contribution in [1.82, 2.24) is 19.6 Å². The lowest BCUT2D eigenvalue weighted by atomic mass is 9.98. The average Bonchev–Trinajstić information content (AvgIpc) is 3.30. The Kier molecular flexibility index (Phi) is 2.71. The topological polar surface area (TPSA) is 46.0 Å². The number of fused-ring (bicyclic) bond motifs is 4. The van der Waals surface area contributed by atoms with Crippen LogP contribution in [0.3, 0.4) is 0 Å². The molecular formula is C18H20N4S. The number of aromatic nitrogens is 4. The molecule has 1 aliphatic carbocycles. The average molecular weight is 324 g/mol. The molecule has 5 heteroatoms. The number of aromatic amines is 1. The highest BCUT2D eigenvalue weighted by molar-refractivity contribution is 7.17. The Morgan fingerprint density at radius 2 is 2.22 bits per heavy atom. The number of pyridine rings is 1. The van der Waals surface area contributed by atoms with Gasteiger partial charge in [-0.3, -0.25) is 0 Å². The molecule has 0 saturated heterocycles. The summed E-state index contributed by atoms with van der Waals surface area (Å²) in [6.07, 6.45) is 8.33. The maximum atomic E-state index is 4.46.